The zero-order valence-electron chi connectivity index (χ0n) is 14.6. The molecule has 0 amide bonds. The van der Waals surface area contributed by atoms with Crippen LogP contribution < -0.4 is 4.74 Å². The first kappa shape index (κ1) is 17.7. The summed E-state index contributed by atoms with van der Waals surface area (Å²) in [5.41, 5.74) is 2.37. The number of likely N-dealkylation sites (N-methyl/N-ethyl adjacent to an activating group) is 1. The van der Waals surface area contributed by atoms with Gasteiger partial charge in [0, 0.05) is 43.4 Å². The van der Waals surface area contributed by atoms with E-state index in [1.807, 2.05) is 18.2 Å². The van der Waals surface area contributed by atoms with Gasteiger partial charge in [0.25, 0.3) is 0 Å². The summed E-state index contributed by atoms with van der Waals surface area (Å²) in [5.74, 6) is 0.919. The first-order valence-electron chi connectivity index (χ1n) is 8.70. The zero-order valence-corrected chi connectivity index (χ0v) is 15.4. The lowest BCUT2D eigenvalue weighted by Crippen LogP contribution is -2.39. The third kappa shape index (κ3) is 4.96. The van der Waals surface area contributed by atoms with E-state index in [1.54, 1.807) is 0 Å². The first-order valence-corrected chi connectivity index (χ1v) is 9.08. The quantitative estimate of drug-likeness (QED) is 0.754. The standard InChI is InChI=1S/C19H27ClN2O2/c1-21(2)7-8-22(13-18-4-3-9-23-18)12-15-10-16-11-17(20)5-6-19(16)24-14-15/h5-6,10-11,18H,3-4,7-9,12-14H2,1-2H3. The van der Waals surface area contributed by atoms with Crippen LogP contribution in [-0.4, -0.2) is 69.4 Å². The van der Waals surface area contributed by atoms with Crippen LogP contribution >= 0.6 is 11.6 Å². The van der Waals surface area contributed by atoms with Gasteiger partial charge in [0.15, 0.2) is 0 Å². The van der Waals surface area contributed by atoms with Crippen LogP contribution in [0.15, 0.2) is 23.8 Å². The van der Waals surface area contributed by atoms with Gasteiger partial charge in [0.05, 0.1) is 6.10 Å². The molecule has 1 aromatic carbocycles. The van der Waals surface area contributed by atoms with Crippen molar-refractivity contribution in [2.75, 3.05) is 53.5 Å². The number of halogens is 1. The maximum absolute atomic E-state index is 6.11. The summed E-state index contributed by atoms with van der Waals surface area (Å²) in [7, 11) is 4.23. The lowest BCUT2D eigenvalue weighted by atomic mass is 10.1. The van der Waals surface area contributed by atoms with Crippen LogP contribution in [0.25, 0.3) is 6.08 Å². The van der Waals surface area contributed by atoms with Gasteiger partial charge in [-0.25, -0.2) is 0 Å². The Morgan fingerprint density at radius 1 is 1.25 bits per heavy atom. The fourth-order valence-corrected chi connectivity index (χ4v) is 3.41. The third-order valence-electron chi connectivity index (χ3n) is 4.52. The molecule has 0 spiro atoms. The molecule has 1 unspecified atom stereocenters. The molecule has 4 nitrogen and oxygen atoms in total. The number of nitrogens with zero attached hydrogens (tertiary/aromatic N) is 2. The molecule has 2 heterocycles. The fourth-order valence-electron chi connectivity index (χ4n) is 3.23. The molecular formula is C19H27ClN2O2. The van der Waals surface area contributed by atoms with Gasteiger partial charge >= 0.3 is 0 Å². The van der Waals surface area contributed by atoms with E-state index in [1.165, 1.54) is 18.4 Å². The Morgan fingerprint density at radius 3 is 2.88 bits per heavy atom. The van der Waals surface area contributed by atoms with Gasteiger partial charge in [-0.3, -0.25) is 4.90 Å². The zero-order chi connectivity index (χ0) is 16.9. The Morgan fingerprint density at radius 2 is 2.12 bits per heavy atom. The lowest BCUT2D eigenvalue weighted by molar-refractivity contribution is 0.0733. The fraction of sp³-hybridized carbons (Fsp3) is 0.579. The van der Waals surface area contributed by atoms with E-state index in [-0.39, 0.29) is 0 Å². The van der Waals surface area contributed by atoms with Crippen molar-refractivity contribution in [3.63, 3.8) is 0 Å². The molecule has 1 fully saturated rings. The summed E-state index contributed by atoms with van der Waals surface area (Å²) >= 11 is 6.11. The average Bonchev–Trinajstić information content (AvgIpc) is 3.05. The molecule has 1 aromatic rings. The smallest absolute Gasteiger partial charge is 0.127 e. The Balaban J connectivity index is 1.66. The van der Waals surface area contributed by atoms with Crippen molar-refractivity contribution >= 4 is 17.7 Å². The predicted octanol–water partition coefficient (Wildman–Crippen LogP) is 3.16. The number of fused-ring (bicyclic) bond motifs is 1. The Kier molecular flexibility index (Phi) is 6.17. The molecule has 3 rings (SSSR count). The molecule has 2 aliphatic heterocycles. The van der Waals surface area contributed by atoms with Crippen LogP contribution in [0.4, 0.5) is 0 Å². The molecule has 0 aliphatic carbocycles. The number of ether oxygens (including phenoxy) is 2. The Labute approximate surface area is 150 Å². The van der Waals surface area contributed by atoms with Crippen LogP contribution in [0.1, 0.15) is 18.4 Å². The molecule has 24 heavy (non-hydrogen) atoms. The average molecular weight is 351 g/mol. The molecule has 0 radical (unpaired) electrons. The van der Waals surface area contributed by atoms with Crippen LogP contribution in [0.5, 0.6) is 5.75 Å². The summed E-state index contributed by atoms with van der Waals surface area (Å²) in [4.78, 5) is 4.71. The van der Waals surface area contributed by atoms with Gasteiger partial charge in [-0.05, 0) is 56.8 Å². The van der Waals surface area contributed by atoms with E-state index in [9.17, 15) is 0 Å². The lowest BCUT2D eigenvalue weighted by Gasteiger charge is -2.29. The molecule has 2 aliphatic rings. The van der Waals surface area contributed by atoms with Crippen molar-refractivity contribution in [1.82, 2.24) is 9.80 Å². The first-order chi connectivity index (χ1) is 11.6. The van der Waals surface area contributed by atoms with Crippen molar-refractivity contribution in [2.24, 2.45) is 0 Å². The van der Waals surface area contributed by atoms with Crippen LogP contribution in [0, 0.1) is 0 Å². The summed E-state index contributed by atoms with van der Waals surface area (Å²) < 4.78 is 11.7. The third-order valence-corrected chi connectivity index (χ3v) is 4.76. The molecule has 5 heteroatoms. The highest BCUT2D eigenvalue weighted by Gasteiger charge is 2.21. The van der Waals surface area contributed by atoms with Gasteiger partial charge in [0.1, 0.15) is 12.4 Å². The minimum Gasteiger partial charge on any atom is -0.489 e. The number of rotatable bonds is 7. The van der Waals surface area contributed by atoms with Crippen LogP contribution in [0.3, 0.4) is 0 Å². The van der Waals surface area contributed by atoms with Crippen LogP contribution in [0.2, 0.25) is 5.02 Å². The second-order valence-corrected chi connectivity index (χ2v) is 7.38. The molecule has 0 aromatic heterocycles. The maximum Gasteiger partial charge on any atom is 0.127 e. The van der Waals surface area contributed by atoms with Crippen molar-refractivity contribution in [3.8, 4) is 5.75 Å². The van der Waals surface area contributed by atoms with E-state index in [0.29, 0.717) is 12.7 Å². The molecular weight excluding hydrogens is 324 g/mol. The van der Waals surface area contributed by atoms with Gasteiger partial charge in [0.2, 0.25) is 0 Å². The van der Waals surface area contributed by atoms with Crippen LogP contribution in [-0.2, 0) is 4.74 Å². The van der Waals surface area contributed by atoms with Crippen molar-refractivity contribution < 1.29 is 9.47 Å². The maximum atomic E-state index is 6.11. The van der Waals surface area contributed by atoms with Gasteiger partial charge in [-0.15, -0.1) is 0 Å². The highest BCUT2D eigenvalue weighted by molar-refractivity contribution is 6.30. The predicted molar refractivity (Wildman–Crippen MR) is 98.9 cm³/mol. The molecule has 1 atom stereocenters. The molecule has 0 N–H and O–H groups in total. The minimum atomic E-state index is 0.374. The monoisotopic (exact) mass is 350 g/mol. The highest BCUT2D eigenvalue weighted by atomic mass is 35.5. The van der Waals surface area contributed by atoms with Crippen molar-refractivity contribution in [3.05, 3.63) is 34.4 Å². The topological polar surface area (TPSA) is 24.9 Å². The van der Waals surface area contributed by atoms with Crippen molar-refractivity contribution in [2.45, 2.75) is 18.9 Å². The number of benzene rings is 1. The largest absolute Gasteiger partial charge is 0.489 e. The summed E-state index contributed by atoms with van der Waals surface area (Å²) in [5, 5.41) is 0.749. The Bertz CT molecular complexity index is 583. The Hall–Kier alpha value is -1.07. The highest BCUT2D eigenvalue weighted by Crippen LogP contribution is 2.29. The SMILES string of the molecule is CN(C)CCN(CC1=Cc2cc(Cl)ccc2OC1)CC1CCCO1. The molecule has 1 saturated heterocycles. The van der Waals surface area contributed by atoms with E-state index in [2.05, 4.69) is 30.0 Å². The van der Waals surface area contributed by atoms with E-state index in [4.69, 9.17) is 21.1 Å². The van der Waals surface area contributed by atoms with Gasteiger partial charge < -0.3 is 14.4 Å². The molecule has 132 valence electrons. The van der Waals surface area contributed by atoms with Gasteiger partial charge in [-0.2, -0.15) is 0 Å². The molecule has 0 bridgehead atoms. The summed E-state index contributed by atoms with van der Waals surface area (Å²) in [6.45, 7) is 5.55. The number of hydrogen-bond acceptors (Lipinski definition) is 4. The summed E-state index contributed by atoms with van der Waals surface area (Å²) in [6, 6.07) is 5.79. The minimum absolute atomic E-state index is 0.374. The number of hydrogen-bond donors (Lipinski definition) is 0. The normalized spacial score (nSPS) is 20.2. The second kappa shape index (κ2) is 8.34. The summed E-state index contributed by atoms with van der Waals surface area (Å²) in [6.07, 6.45) is 4.96. The van der Waals surface area contributed by atoms with Crippen molar-refractivity contribution in [1.29, 1.82) is 0 Å². The van der Waals surface area contributed by atoms with E-state index in [0.717, 1.165) is 49.1 Å². The second-order valence-electron chi connectivity index (χ2n) is 6.95. The molecule has 0 saturated carbocycles. The van der Waals surface area contributed by atoms with E-state index >= 15 is 0 Å². The van der Waals surface area contributed by atoms with E-state index < -0.39 is 0 Å². The van der Waals surface area contributed by atoms with Gasteiger partial charge in [-0.1, -0.05) is 11.6 Å².